The molecule has 1 amide bonds. The van der Waals surface area contributed by atoms with Crippen LogP contribution in [0.15, 0.2) is 41.3 Å². The fraction of sp³-hybridized carbons (Fsp3) is 0.381. The molecule has 1 aliphatic rings. The maximum atomic E-state index is 12.9. The Morgan fingerprint density at radius 1 is 1.14 bits per heavy atom. The summed E-state index contributed by atoms with van der Waals surface area (Å²) < 4.78 is 58.1. The Hall–Kier alpha value is -3.23. The van der Waals surface area contributed by atoms with Crippen LogP contribution in [0.25, 0.3) is 0 Å². The highest BCUT2D eigenvalue weighted by Crippen LogP contribution is 2.31. The average molecular weight is 527 g/mol. The molecule has 2 aromatic rings. The molecule has 1 saturated heterocycles. The van der Waals surface area contributed by atoms with E-state index in [1.165, 1.54) is 41.7 Å². The third-order valence-electron chi connectivity index (χ3n) is 5.51. The maximum absolute atomic E-state index is 12.9. The number of non-ortho nitro benzene ring substituents is 1. The number of anilines is 2. The van der Waals surface area contributed by atoms with E-state index in [1.807, 2.05) is 0 Å². The van der Waals surface area contributed by atoms with E-state index in [2.05, 4.69) is 5.32 Å². The fourth-order valence-electron chi connectivity index (χ4n) is 3.70. The first kappa shape index (κ1) is 26.4. The molecular weight excluding hydrogens is 500 g/mol. The van der Waals surface area contributed by atoms with Gasteiger partial charge in [0.2, 0.25) is 26.0 Å². The van der Waals surface area contributed by atoms with Crippen LogP contribution >= 0.6 is 0 Å². The normalized spacial score (nSPS) is 14.5. The van der Waals surface area contributed by atoms with Gasteiger partial charge in [0.1, 0.15) is 12.3 Å². The van der Waals surface area contributed by atoms with Gasteiger partial charge in [-0.3, -0.25) is 19.2 Å². The molecule has 1 fully saturated rings. The topological polar surface area (TPSA) is 156 Å². The van der Waals surface area contributed by atoms with E-state index in [4.69, 9.17) is 4.74 Å². The number of nitrogens with zero attached hydrogens (tertiary/aromatic N) is 3. The molecule has 0 unspecified atom stereocenters. The summed E-state index contributed by atoms with van der Waals surface area (Å²) in [6.45, 7) is 1.67. The van der Waals surface area contributed by atoms with Crippen LogP contribution in [0, 0.1) is 17.0 Å². The molecule has 14 heteroatoms. The van der Waals surface area contributed by atoms with Crippen molar-refractivity contribution in [1.82, 2.24) is 4.31 Å². The van der Waals surface area contributed by atoms with Crippen LogP contribution in [0.2, 0.25) is 0 Å². The van der Waals surface area contributed by atoms with Crippen molar-refractivity contribution in [3.8, 4) is 5.75 Å². The number of amides is 1. The van der Waals surface area contributed by atoms with Gasteiger partial charge in [0.25, 0.3) is 5.69 Å². The number of nitro benzene ring substituents is 1. The van der Waals surface area contributed by atoms with Crippen molar-refractivity contribution in [3.05, 3.63) is 52.1 Å². The Labute approximate surface area is 203 Å². The van der Waals surface area contributed by atoms with Gasteiger partial charge in [-0.25, -0.2) is 16.8 Å². The lowest BCUT2D eigenvalue weighted by Gasteiger charge is -2.24. The second kappa shape index (κ2) is 10.2. The van der Waals surface area contributed by atoms with Crippen molar-refractivity contribution in [1.29, 1.82) is 0 Å². The van der Waals surface area contributed by atoms with E-state index < -0.39 is 37.4 Å². The van der Waals surface area contributed by atoms with Gasteiger partial charge in [0.15, 0.2) is 0 Å². The summed E-state index contributed by atoms with van der Waals surface area (Å²) in [5.41, 5.74) is 0.0995. The second-order valence-corrected chi connectivity index (χ2v) is 11.9. The highest BCUT2D eigenvalue weighted by molar-refractivity contribution is 7.92. The minimum atomic E-state index is -4.01. The largest absolute Gasteiger partial charge is 0.495 e. The predicted molar refractivity (Wildman–Crippen MR) is 130 cm³/mol. The second-order valence-electron chi connectivity index (χ2n) is 8.02. The number of hydrogen-bond acceptors (Lipinski definition) is 8. The van der Waals surface area contributed by atoms with Crippen molar-refractivity contribution in [2.75, 3.05) is 42.6 Å². The zero-order valence-electron chi connectivity index (χ0n) is 19.4. The van der Waals surface area contributed by atoms with Gasteiger partial charge in [-0.2, -0.15) is 4.31 Å². The number of benzene rings is 2. The number of rotatable bonds is 9. The van der Waals surface area contributed by atoms with Gasteiger partial charge >= 0.3 is 0 Å². The molecule has 2 aromatic carbocycles. The van der Waals surface area contributed by atoms with Crippen LogP contribution in [0.4, 0.5) is 17.1 Å². The first-order chi connectivity index (χ1) is 16.3. The van der Waals surface area contributed by atoms with Crippen LogP contribution in [-0.2, 0) is 24.8 Å². The quantitative estimate of drug-likeness (QED) is 0.385. The van der Waals surface area contributed by atoms with Gasteiger partial charge in [-0.05, 0) is 43.5 Å². The summed E-state index contributed by atoms with van der Waals surface area (Å²) in [6.07, 6.45) is 2.40. The molecule has 0 saturated carbocycles. The van der Waals surface area contributed by atoms with Gasteiger partial charge in [0, 0.05) is 25.2 Å². The molecule has 35 heavy (non-hydrogen) atoms. The molecule has 190 valence electrons. The van der Waals surface area contributed by atoms with E-state index in [1.54, 1.807) is 6.92 Å². The molecular formula is C21H26N4O8S2. The minimum absolute atomic E-state index is 0.0193. The number of nitrogens with one attached hydrogen (secondary N) is 1. The number of aryl methyl sites for hydroxylation is 1. The highest BCUT2D eigenvalue weighted by atomic mass is 32.2. The number of ether oxygens (including phenoxy) is 1. The smallest absolute Gasteiger partial charge is 0.271 e. The average Bonchev–Trinajstić information content (AvgIpc) is 3.33. The molecule has 0 bridgehead atoms. The third-order valence-corrected chi connectivity index (χ3v) is 8.53. The van der Waals surface area contributed by atoms with Crippen LogP contribution < -0.4 is 14.4 Å². The van der Waals surface area contributed by atoms with E-state index >= 15 is 0 Å². The van der Waals surface area contributed by atoms with Crippen molar-refractivity contribution in [2.45, 2.75) is 24.7 Å². The van der Waals surface area contributed by atoms with E-state index in [0.717, 1.165) is 29.5 Å². The Bertz CT molecular complexity index is 1350. The predicted octanol–water partition coefficient (Wildman–Crippen LogP) is 2.10. The van der Waals surface area contributed by atoms with E-state index in [9.17, 15) is 31.7 Å². The summed E-state index contributed by atoms with van der Waals surface area (Å²) in [7, 11) is -6.44. The molecule has 0 aliphatic carbocycles. The Morgan fingerprint density at radius 2 is 1.80 bits per heavy atom. The fourth-order valence-corrected chi connectivity index (χ4v) is 6.15. The van der Waals surface area contributed by atoms with Crippen molar-refractivity contribution >= 4 is 43.0 Å². The Kier molecular flexibility index (Phi) is 7.67. The number of carbonyl (C=O) groups is 1. The molecule has 3 rings (SSSR count). The van der Waals surface area contributed by atoms with Gasteiger partial charge in [-0.15, -0.1) is 0 Å². The summed E-state index contributed by atoms with van der Waals surface area (Å²) >= 11 is 0. The Balaban J connectivity index is 1.92. The minimum Gasteiger partial charge on any atom is -0.495 e. The van der Waals surface area contributed by atoms with Crippen LogP contribution in [-0.4, -0.2) is 65.0 Å². The Morgan fingerprint density at radius 3 is 2.37 bits per heavy atom. The maximum Gasteiger partial charge on any atom is 0.271 e. The molecule has 0 spiro atoms. The SMILES string of the molecule is COc1ccc(S(=O)(=O)N2CCCC2)cc1NC(=O)CN(c1cc([N+](=O)[O-])ccc1C)S(C)(=O)=O. The summed E-state index contributed by atoms with van der Waals surface area (Å²) in [5.74, 6) is -0.619. The monoisotopic (exact) mass is 526 g/mol. The lowest BCUT2D eigenvalue weighted by atomic mass is 10.2. The third kappa shape index (κ3) is 5.89. The first-order valence-electron chi connectivity index (χ1n) is 10.6. The lowest BCUT2D eigenvalue weighted by Crippen LogP contribution is -2.38. The van der Waals surface area contributed by atoms with Crippen molar-refractivity contribution < 1.29 is 31.3 Å². The number of nitro groups is 1. The summed E-state index contributed by atoms with van der Waals surface area (Å²) in [5, 5.41) is 13.7. The molecule has 0 atom stereocenters. The molecule has 1 heterocycles. The summed E-state index contributed by atoms with van der Waals surface area (Å²) in [4.78, 5) is 23.4. The van der Waals surface area contributed by atoms with Gasteiger partial charge in [-0.1, -0.05) is 6.07 Å². The van der Waals surface area contributed by atoms with Gasteiger partial charge in [0.05, 0.1) is 34.6 Å². The van der Waals surface area contributed by atoms with E-state index in [0.29, 0.717) is 18.7 Å². The molecule has 0 aromatic heterocycles. The molecule has 0 radical (unpaired) electrons. The van der Waals surface area contributed by atoms with Crippen LogP contribution in [0.1, 0.15) is 18.4 Å². The number of methoxy groups -OCH3 is 1. The van der Waals surface area contributed by atoms with Crippen molar-refractivity contribution in [3.63, 3.8) is 0 Å². The highest BCUT2D eigenvalue weighted by Gasteiger charge is 2.29. The molecule has 12 nitrogen and oxygen atoms in total. The number of hydrogen-bond donors (Lipinski definition) is 1. The first-order valence-corrected chi connectivity index (χ1v) is 13.8. The van der Waals surface area contributed by atoms with Crippen molar-refractivity contribution in [2.24, 2.45) is 0 Å². The zero-order valence-corrected chi connectivity index (χ0v) is 21.1. The number of sulfonamides is 2. The van der Waals surface area contributed by atoms with E-state index in [-0.39, 0.29) is 27.7 Å². The molecule has 1 N–H and O–H groups in total. The standard InChI is InChI=1S/C21H26N4O8S2/c1-15-6-7-16(25(27)28)12-19(15)24(34(3,29)30)14-21(26)22-18-13-17(8-9-20(18)33-2)35(31,32)23-10-4-5-11-23/h6-9,12-13H,4-5,10-11,14H2,1-3H3,(H,22,26). The summed E-state index contributed by atoms with van der Waals surface area (Å²) in [6, 6.07) is 7.73. The zero-order chi connectivity index (χ0) is 26.0. The molecule has 1 aliphatic heterocycles. The number of carbonyl (C=O) groups excluding carboxylic acids is 1. The van der Waals surface area contributed by atoms with Crippen LogP contribution in [0.3, 0.4) is 0 Å². The lowest BCUT2D eigenvalue weighted by molar-refractivity contribution is -0.384. The van der Waals surface area contributed by atoms with Gasteiger partial charge < -0.3 is 10.1 Å². The van der Waals surface area contributed by atoms with Crippen LogP contribution in [0.5, 0.6) is 5.75 Å².